The van der Waals surface area contributed by atoms with Crippen molar-refractivity contribution in [3.8, 4) is 0 Å². The van der Waals surface area contributed by atoms with Crippen LogP contribution < -0.4 is 10.6 Å². The smallest absolute Gasteiger partial charge is 0.370 e. The van der Waals surface area contributed by atoms with Gasteiger partial charge in [-0.3, -0.25) is 4.68 Å². The van der Waals surface area contributed by atoms with Crippen LogP contribution in [0.15, 0.2) is 12.4 Å². The number of hydrogen-bond acceptors (Lipinski definition) is 5. The molecule has 6 nitrogen and oxygen atoms in total. The van der Waals surface area contributed by atoms with Gasteiger partial charge in [0, 0.05) is 12.7 Å². The third-order valence-electron chi connectivity index (χ3n) is 4.11. The Morgan fingerprint density at radius 3 is 2.62 bits per heavy atom. The van der Waals surface area contributed by atoms with Crippen molar-refractivity contribution in [2.24, 2.45) is 5.92 Å². The van der Waals surface area contributed by atoms with E-state index in [1.807, 2.05) is 11.6 Å². The summed E-state index contributed by atoms with van der Waals surface area (Å²) in [5.41, 5.74) is 0.725. The number of nitrogens with zero attached hydrogens (tertiary/aromatic N) is 4. The van der Waals surface area contributed by atoms with E-state index in [9.17, 15) is 13.2 Å². The summed E-state index contributed by atoms with van der Waals surface area (Å²) in [7, 11) is 0. The maximum atomic E-state index is 13.0. The third kappa shape index (κ3) is 3.15. The van der Waals surface area contributed by atoms with E-state index in [1.54, 1.807) is 13.1 Å². The second kappa shape index (κ2) is 5.95. The van der Waals surface area contributed by atoms with Crippen LogP contribution in [-0.2, 0) is 6.18 Å². The third-order valence-corrected chi connectivity index (χ3v) is 4.11. The molecule has 0 bridgehead atoms. The normalized spacial score (nSPS) is 20.1. The summed E-state index contributed by atoms with van der Waals surface area (Å²) in [6.45, 7) is 6.10. The largest absolute Gasteiger partial charge is 0.421 e. The second-order valence-electron chi connectivity index (χ2n) is 5.98. The van der Waals surface area contributed by atoms with E-state index in [1.165, 1.54) is 0 Å². The van der Waals surface area contributed by atoms with Crippen molar-refractivity contribution >= 4 is 17.5 Å². The van der Waals surface area contributed by atoms with Gasteiger partial charge < -0.3 is 10.6 Å². The van der Waals surface area contributed by atoms with Crippen molar-refractivity contribution in [2.45, 2.75) is 39.4 Å². The fourth-order valence-corrected chi connectivity index (χ4v) is 2.60. The van der Waals surface area contributed by atoms with Gasteiger partial charge in [-0.25, -0.2) is 4.98 Å². The Morgan fingerprint density at radius 2 is 2.04 bits per heavy atom. The van der Waals surface area contributed by atoms with Crippen molar-refractivity contribution < 1.29 is 13.2 Å². The first kappa shape index (κ1) is 16.5. The molecule has 130 valence electrons. The Morgan fingerprint density at radius 1 is 1.33 bits per heavy atom. The molecule has 0 saturated heterocycles. The number of alkyl halides is 3. The van der Waals surface area contributed by atoms with Crippen LogP contribution in [0.2, 0.25) is 0 Å². The first-order chi connectivity index (χ1) is 11.3. The molecular formula is C15H19F3N6. The highest BCUT2D eigenvalue weighted by atomic mass is 19.4. The molecule has 1 saturated carbocycles. The zero-order chi connectivity index (χ0) is 17.5. The zero-order valence-electron chi connectivity index (χ0n) is 13.6. The average molecular weight is 340 g/mol. The minimum atomic E-state index is -4.50. The minimum absolute atomic E-state index is 0.102. The molecule has 0 unspecified atom stereocenters. The lowest BCUT2D eigenvalue weighted by Crippen LogP contribution is -2.14. The van der Waals surface area contributed by atoms with Gasteiger partial charge in [0.25, 0.3) is 0 Å². The molecule has 0 radical (unpaired) electrons. The van der Waals surface area contributed by atoms with Gasteiger partial charge in [0.2, 0.25) is 5.95 Å². The van der Waals surface area contributed by atoms with Crippen LogP contribution in [0.4, 0.5) is 30.6 Å². The molecule has 2 atom stereocenters. The van der Waals surface area contributed by atoms with Crippen LogP contribution >= 0.6 is 0 Å². The van der Waals surface area contributed by atoms with Crippen LogP contribution in [0, 0.1) is 12.8 Å². The Kier molecular flexibility index (Phi) is 4.10. The SMILES string of the molecule is CCNc1nc(Nc2cnn([C@H]3C[C@H]3C)c2C)ncc1C(F)(F)F. The maximum Gasteiger partial charge on any atom is 0.421 e. The Bertz CT molecular complexity index is 739. The summed E-state index contributed by atoms with van der Waals surface area (Å²) in [6.07, 6.45) is -0.980. The molecule has 2 N–H and O–H groups in total. The molecule has 0 amide bonds. The summed E-state index contributed by atoms with van der Waals surface area (Å²) in [4.78, 5) is 7.75. The number of nitrogens with one attached hydrogen (secondary N) is 2. The minimum Gasteiger partial charge on any atom is -0.370 e. The first-order valence-corrected chi connectivity index (χ1v) is 7.80. The lowest BCUT2D eigenvalue weighted by Gasteiger charge is -2.13. The summed E-state index contributed by atoms with van der Waals surface area (Å²) in [6, 6.07) is 0.395. The molecule has 0 aliphatic heterocycles. The van der Waals surface area contributed by atoms with E-state index in [4.69, 9.17) is 0 Å². The summed E-state index contributed by atoms with van der Waals surface area (Å²) in [5.74, 6) is 0.466. The fourth-order valence-electron chi connectivity index (χ4n) is 2.60. The van der Waals surface area contributed by atoms with Crippen molar-refractivity contribution in [3.63, 3.8) is 0 Å². The molecule has 9 heteroatoms. The Labute approximate surface area is 137 Å². The highest BCUT2D eigenvalue weighted by Crippen LogP contribution is 2.43. The molecule has 2 aromatic heterocycles. The molecular weight excluding hydrogens is 321 g/mol. The van der Waals surface area contributed by atoms with Gasteiger partial charge in [-0.05, 0) is 26.2 Å². The number of halogens is 3. The predicted molar refractivity (Wildman–Crippen MR) is 84.3 cm³/mol. The van der Waals surface area contributed by atoms with Crippen molar-refractivity contribution in [1.82, 2.24) is 19.7 Å². The van der Waals surface area contributed by atoms with Crippen LogP contribution in [0.25, 0.3) is 0 Å². The maximum absolute atomic E-state index is 13.0. The average Bonchev–Trinajstić information content (AvgIpc) is 3.11. The zero-order valence-corrected chi connectivity index (χ0v) is 13.6. The number of anilines is 3. The molecule has 2 heterocycles. The molecule has 1 aliphatic rings. The second-order valence-corrected chi connectivity index (χ2v) is 5.98. The lowest BCUT2D eigenvalue weighted by molar-refractivity contribution is -0.137. The van der Waals surface area contributed by atoms with Gasteiger partial charge in [-0.2, -0.15) is 23.3 Å². The van der Waals surface area contributed by atoms with E-state index in [0.29, 0.717) is 24.2 Å². The van der Waals surface area contributed by atoms with E-state index >= 15 is 0 Å². The Balaban J connectivity index is 1.85. The number of aromatic nitrogens is 4. The van der Waals surface area contributed by atoms with Crippen molar-refractivity contribution in [2.75, 3.05) is 17.2 Å². The quantitative estimate of drug-likeness (QED) is 0.867. The van der Waals surface area contributed by atoms with E-state index in [0.717, 1.165) is 18.3 Å². The molecule has 3 rings (SSSR count). The van der Waals surface area contributed by atoms with Crippen LogP contribution in [0.1, 0.15) is 37.6 Å². The summed E-state index contributed by atoms with van der Waals surface area (Å²) >= 11 is 0. The molecule has 2 aromatic rings. The molecule has 24 heavy (non-hydrogen) atoms. The van der Waals surface area contributed by atoms with Gasteiger partial charge in [0.15, 0.2) is 0 Å². The van der Waals surface area contributed by atoms with Crippen molar-refractivity contribution in [1.29, 1.82) is 0 Å². The topological polar surface area (TPSA) is 67.7 Å². The summed E-state index contributed by atoms with van der Waals surface area (Å²) < 4.78 is 40.9. The highest BCUT2D eigenvalue weighted by Gasteiger charge is 2.37. The first-order valence-electron chi connectivity index (χ1n) is 7.80. The lowest BCUT2D eigenvalue weighted by atomic mass is 10.3. The van der Waals surface area contributed by atoms with Gasteiger partial charge in [0.1, 0.15) is 11.4 Å². The molecule has 1 aliphatic carbocycles. The van der Waals surface area contributed by atoms with E-state index < -0.39 is 11.7 Å². The van der Waals surface area contributed by atoms with Gasteiger partial charge in [-0.1, -0.05) is 6.92 Å². The fraction of sp³-hybridized carbons (Fsp3) is 0.533. The standard InChI is InChI=1S/C15H19F3N6/c1-4-19-13-10(15(16,17)18)6-20-14(23-13)22-11-7-21-24(9(11)3)12-5-8(12)2/h6-8,12H,4-5H2,1-3H3,(H2,19,20,22,23)/t8-,12+/m1/s1. The van der Waals surface area contributed by atoms with Crippen LogP contribution in [0.5, 0.6) is 0 Å². The van der Waals surface area contributed by atoms with Gasteiger partial charge >= 0.3 is 6.18 Å². The Hall–Kier alpha value is -2.32. The number of hydrogen-bond donors (Lipinski definition) is 2. The van der Waals surface area contributed by atoms with E-state index in [2.05, 4.69) is 32.6 Å². The van der Waals surface area contributed by atoms with Crippen LogP contribution in [0.3, 0.4) is 0 Å². The monoisotopic (exact) mass is 340 g/mol. The molecule has 0 aromatic carbocycles. The number of rotatable bonds is 5. The van der Waals surface area contributed by atoms with E-state index in [-0.39, 0.29) is 11.8 Å². The molecule has 0 spiro atoms. The summed E-state index contributed by atoms with van der Waals surface area (Å²) in [5, 5.41) is 9.93. The predicted octanol–water partition coefficient (Wildman–Crippen LogP) is 3.76. The van der Waals surface area contributed by atoms with Gasteiger partial charge in [0.05, 0.1) is 23.6 Å². The van der Waals surface area contributed by atoms with Gasteiger partial charge in [-0.15, -0.1) is 0 Å². The molecule has 1 fully saturated rings. The van der Waals surface area contributed by atoms with Crippen LogP contribution in [-0.4, -0.2) is 26.3 Å². The van der Waals surface area contributed by atoms with Crippen molar-refractivity contribution in [3.05, 3.63) is 23.7 Å². The highest BCUT2D eigenvalue weighted by molar-refractivity contribution is 5.58.